The van der Waals surface area contributed by atoms with Crippen LogP contribution in [0.4, 0.5) is 0 Å². The van der Waals surface area contributed by atoms with Crippen LogP contribution in [0.25, 0.3) is 0 Å². The molecular weight excluding hydrogens is 332 g/mol. The van der Waals surface area contributed by atoms with Gasteiger partial charge < -0.3 is 19.7 Å². The highest BCUT2D eigenvalue weighted by Gasteiger charge is 2.44. The third-order valence-electron chi connectivity index (χ3n) is 5.28. The van der Waals surface area contributed by atoms with Crippen molar-refractivity contribution in [3.63, 3.8) is 0 Å². The molecule has 1 saturated carbocycles. The SMILES string of the molecule is CCCNC(=O)[C@@H]1CN(C(=O)C2CC2)C[C@@H]1c1cc(OC)ccc1OC. The molecule has 0 bridgehead atoms. The van der Waals surface area contributed by atoms with Gasteiger partial charge in [-0.2, -0.15) is 0 Å². The predicted molar refractivity (Wildman–Crippen MR) is 98.4 cm³/mol. The highest BCUT2D eigenvalue weighted by atomic mass is 16.5. The first-order valence-electron chi connectivity index (χ1n) is 9.37. The second-order valence-corrected chi connectivity index (χ2v) is 7.13. The second-order valence-electron chi connectivity index (χ2n) is 7.13. The van der Waals surface area contributed by atoms with Gasteiger partial charge in [0.15, 0.2) is 0 Å². The number of nitrogens with zero attached hydrogens (tertiary/aromatic N) is 1. The molecule has 26 heavy (non-hydrogen) atoms. The highest BCUT2D eigenvalue weighted by molar-refractivity contribution is 5.85. The first-order chi connectivity index (χ1) is 12.6. The van der Waals surface area contributed by atoms with E-state index in [0.29, 0.717) is 19.6 Å². The van der Waals surface area contributed by atoms with Gasteiger partial charge in [-0.05, 0) is 37.5 Å². The van der Waals surface area contributed by atoms with Gasteiger partial charge in [0.25, 0.3) is 0 Å². The van der Waals surface area contributed by atoms with Crippen molar-refractivity contribution in [3.05, 3.63) is 23.8 Å². The number of carbonyl (C=O) groups is 2. The number of amides is 2. The van der Waals surface area contributed by atoms with Crippen molar-refractivity contribution < 1.29 is 19.1 Å². The molecule has 2 atom stereocenters. The summed E-state index contributed by atoms with van der Waals surface area (Å²) in [6, 6.07) is 5.63. The van der Waals surface area contributed by atoms with Gasteiger partial charge in [-0.25, -0.2) is 0 Å². The van der Waals surface area contributed by atoms with Crippen LogP contribution in [-0.4, -0.2) is 50.6 Å². The standard InChI is InChI=1S/C20H28N2O4/c1-4-9-21-19(23)17-12-22(20(24)13-5-6-13)11-16(17)15-10-14(25-2)7-8-18(15)26-3/h7-8,10,13,16-17H,4-6,9,11-12H2,1-3H3,(H,21,23)/t16-,17-/m1/s1. The zero-order valence-electron chi connectivity index (χ0n) is 15.8. The Morgan fingerprint density at radius 1 is 1.19 bits per heavy atom. The summed E-state index contributed by atoms with van der Waals surface area (Å²) >= 11 is 0. The van der Waals surface area contributed by atoms with E-state index in [1.54, 1.807) is 14.2 Å². The van der Waals surface area contributed by atoms with E-state index in [0.717, 1.165) is 36.3 Å². The molecule has 1 aromatic carbocycles. The van der Waals surface area contributed by atoms with Crippen molar-refractivity contribution in [2.24, 2.45) is 11.8 Å². The van der Waals surface area contributed by atoms with Gasteiger partial charge in [0.05, 0.1) is 20.1 Å². The molecule has 1 aliphatic heterocycles. The van der Waals surface area contributed by atoms with Gasteiger partial charge in [-0.15, -0.1) is 0 Å². The van der Waals surface area contributed by atoms with Crippen LogP contribution in [0.1, 0.15) is 37.7 Å². The summed E-state index contributed by atoms with van der Waals surface area (Å²) in [6.45, 7) is 3.69. The fourth-order valence-electron chi connectivity index (χ4n) is 3.66. The Bertz CT molecular complexity index is 672. The summed E-state index contributed by atoms with van der Waals surface area (Å²) in [6.07, 6.45) is 2.82. The van der Waals surface area contributed by atoms with Crippen LogP contribution in [0.3, 0.4) is 0 Å². The lowest BCUT2D eigenvalue weighted by atomic mass is 9.87. The van der Waals surface area contributed by atoms with E-state index in [9.17, 15) is 9.59 Å². The summed E-state index contributed by atoms with van der Waals surface area (Å²) in [5, 5.41) is 3.00. The summed E-state index contributed by atoms with van der Waals surface area (Å²) in [4.78, 5) is 27.2. The van der Waals surface area contributed by atoms with Crippen LogP contribution in [0, 0.1) is 11.8 Å². The number of nitrogens with one attached hydrogen (secondary N) is 1. The van der Waals surface area contributed by atoms with Gasteiger partial charge in [0.1, 0.15) is 11.5 Å². The topological polar surface area (TPSA) is 67.9 Å². The van der Waals surface area contributed by atoms with E-state index in [1.807, 2.05) is 30.0 Å². The predicted octanol–water partition coefficient (Wildman–Crippen LogP) is 2.18. The summed E-state index contributed by atoms with van der Waals surface area (Å²) in [5.74, 6) is 1.42. The normalized spacial score (nSPS) is 22.2. The largest absolute Gasteiger partial charge is 0.497 e. The Labute approximate surface area is 154 Å². The molecule has 6 heteroatoms. The molecule has 142 valence electrons. The van der Waals surface area contributed by atoms with Crippen molar-refractivity contribution in [2.75, 3.05) is 33.9 Å². The molecule has 1 heterocycles. The van der Waals surface area contributed by atoms with Gasteiger partial charge in [-0.3, -0.25) is 9.59 Å². The molecule has 0 unspecified atom stereocenters. The number of hydrogen-bond acceptors (Lipinski definition) is 4. The van der Waals surface area contributed by atoms with E-state index < -0.39 is 0 Å². The Morgan fingerprint density at radius 3 is 2.58 bits per heavy atom. The van der Waals surface area contributed by atoms with Crippen LogP contribution in [-0.2, 0) is 9.59 Å². The number of hydrogen-bond donors (Lipinski definition) is 1. The summed E-state index contributed by atoms with van der Waals surface area (Å²) in [7, 11) is 3.24. The number of methoxy groups -OCH3 is 2. The minimum Gasteiger partial charge on any atom is -0.497 e. The fraction of sp³-hybridized carbons (Fsp3) is 0.600. The maximum absolute atomic E-state index is 12.8. The van der Waals surface area contributed by atoms with Crippen LogP contribution in [0.5, 0.6) is 11.5 Å². The third-order valence-corrected chi connectivity index (χ3v) is 5.28. The first-order valence-corrected chi connectivity index (χ1v) is 9.37. The Morgan fingerprint density at radius 2 is 1.96 bits per heavy atom. The lowest BCUT2D eigenvalue weighted by Gasteiger charge is -2.21. The zero-order chi connectivity index (χ0) is 18.7. The molecule has 1 aliphatic carbocycles. The number of carbonyl (C=O) groups excluding carboxylic acids is 2. The number of benzene rings is 1. The molecule has 6 nitrogen and oxygen atoms in total. The number of rotatable bonds is 7. The average Bonchev–Trinajstić information content (AvgIpc) is 3.43. The van der Waals surface area contributed by atoms with E-state index in [4.69, 9.17) is 9.47 Å². The molecule has 1 aromatic rings. The molecule has 2 aliphatic rings. The summed E-state index contributed by atoms with van der Waals surface area (Å²) < 4.78 is 10.9. The maximum Gasteiger partial charge on any atom is 0.225 e. The van der Waals surface area contributed by atoms with Gasteiger partial charge in [-0.1, -0.05) is 6.92 Å². The third kappa shape index (κ3) is 3.79. The monoisotopic (exact) mass is 360 g/mol. The van der Waals surface area contributed by atoms with Crippen LogP contribution in [0.15, 0.2) is 18.2 Å². The van der Waals surface area contributed by atoms with Crippen molar-refractivity contribution in [1.82, 2.24) is 10.2 Å². The molecule has 0 aromatic heterocycles. The van der Waals surface area contributed by atoms with E-state index in [-0.39, 0.29) is 29.6 Å². The lowest BCUT2D eigenvalue weighted by Crippen LogP contribution is -2.36. The van der Waals surface area contributed by atoms with Crippen molar-refractivity contribution in [3.8, 4) is 11.5 Å². The average molecular weight is 360 g/mol. The van der Waals surface area contributed by atoms with E-state index >= 15 is 0 Å². The van der Waals surface area contributed by atoms with Crippen LogP contribution < -0.4 is 14.8 Å². The quantitative estimate of drug-likeness (QED) is 0.809. The molecule has 2 fully saturated rings. The Balaban J connectivity index is 1.90. The van der Waals surface area contributed by atoms with Crippen LogP contribution in [0.2, 0.25) is 0 Å². The van der Waals surface area contributed by atoms with E-state index in [2.05, 4.69) is 5.32 Å². The lowest BCUT2D eigenvalue weighted by molar-refractivity contribution is -0.132. The van der Waals surface area contributed by atoms with Crippen LogP contribution >= 0.6 is 0 Å². The van der Waals surface area contributed by atoms with Gasteiger partial charge in [0.2, 0.25) is 11.8 Å². The second kappa shape index (κ2) is 7.98. The molecule has 2 amide bonds. The molecular formula is C20H28N2O4. The Kier molecular flexibility index (Phi) is 5.69. The van der Waals surface area contributed by atoms with Crippen molar-refractivity contribution in [2.45, 2.75) is 32.1 Å². The zero-order valence-corrected chi connectivity index (χ0v) is 15.8. The van der Waals surface area contributed by atoms with Crippen molar-refractivity contribution >= 4 is 11.8 Å². The molecule has 3 rings (SSSR count). The van der Waals surface area contributed by atoms with Gasteiger partial charge in [0, 0.05) is 37.0 Å². The molecule has 1 N–H and O–H groups in total. The van der Waals surface area contributed by atoms with Gasteiger partial charge >= 0.3 is 0 Å². The molecule has 1 saturated heterocycles. The number of likely N-dealkylation sites (tertiary alicyclic amines) is 1. The molecule has 0 spiro atoms. The molecule has 0 radical (unpaired) electrons. The first kappa shape index (κ1) is 18.5. The minimum atomic E-state index is -0.273. The number of ether oxygens (including phenoxy) is 2. The van der Waals surface area contributed by atoms with E-state index in [1.165, 1.54) is 0 Å². The van der Waals surface area contributed by atoms with Crippen molar-refractivity contribution in [1.29, 1.82) is 0 Å². The Hall–Kier alpha value is -2.24. The fourth-order valence-corrected chi connectivity index (χ4v) is 3.66. The highest BCUT2D eigenvalue weighted by Crippen LogP contribution is 2.41. The summed E-state index contributed by atoms with van der Waals surface area (Å²) in [5.41, 5.74) is 0.926. The maximum atomic E-state index is 12.8. The minimum absolute atomic E-state index is 0.00724. The smallest absolute Gasteiger partial charge is 0.225 e.